The third kappa shape index (κ3) is 2.74. The number of ether oxygens (including phenoxy) is 1. The minimum Gasteiger partial charge on any atom is -0.484 e. The monoisotopic (exact) mass is 248 g/mol. The Kier molecular flexibility index (Phi) is 3.41. The third-order valence-electron chi connectivity index (χ3n) is 2.48. The lowest BCUT2D eigenvalue weighted by atomic mass is 10.1. The number of benzene rings is 1. The predicted octanol–water partition coefficient (Wildman–Crippen LogP) is 2.34. The molecule has 1 aromatic heterocycles. The van der Waals surface area contributed by atoms with Gasteiger partial charge in [-0.05, 0) is 31.2 Å². The maximum Gasteiger partial charge on any atom is 0.165 e. The van der Waals surface area contributed by atoms with E-state index in [0.29, 0.717) is 11.3 Å². The van der Waals surface area contributed by atoms with E-state index in [1.807, 2.05) is 0 Å². The number of nitrogens with zero attached hydrogens (tertiary/aromatic N) is 2. The van der Waals surface area contributed by atoms with Gasteiger partial charge in [0.05, 0.1) is 5.69 Å². The molecule has 0 radical (unpaired) electrons. The van der Waals surface area contributed by atoms with Crippen LogP contribution < -0.4 is 4.74 Å². The minimum atomic E-state index is -0.543. The molecule has 0 fully saturated rings. The van der Waals surface area contributed by atoms with Crippen LogP contribution in [-0.2, 0) is 13.7 Å². The summed E-state index contributed by atoms with van der Waals surface area (Å²) in [5.74, 6) is -0.602. The quantitative estimate of drug-likeness (QED) is 0.780. The zero-order chi connectivity index (χ0) is 13.1. The zero-order valence-electron chi connectivity index (χ0n) is 10.2. The van der Waals surface area contributed by atoms with Gasteiger partial charge in [-0.15, -0.1) is 0 Å². The van der Waals surface area contributed by atoms with Crippen molar-refractivity contribution >= 4 is 5.78 Å². The Hall–Kier alpha value is -2.17. The molecule has 0 unspecified atom stereocenters. The Morgan fingerprint density at radius 1 is 1.44 bits per heavy atom. The van der Waals surface area contributed by atoms with E-state index in [0.717, 1.165) is 0 Å². The van der Waals surface area contributed by atoms with Gasteiger partial charge in [-0.1, -0.05) is 0 Å². The summed E-state index contributed by atoms with van der Waals surface area (Å²) in [6.07, 6.45) is 1.79. The van der Waals surface area contributed by atoms with E-state index in [4.69, 9.17) is 4.74 Å². The smallest absolute Gasteiger partial charge is 0.165 e. The summed E-state index contributed by atoms with van der Waals surface area (Å²) in [6, 6.07) is 5.96. The van der Waals surface area contributed by atoms with Crippen LogP contribution in [0, 0.1) is 5.82 Å². The largest absolute Gasteiger partial charge is 0.484 e. The van der Waals surface area contributed by atoms with Crippen LogP contribution in [0.1, 0.15) is 23.0 Å². The van der Waals surface area contributed by atoms with E-state index in [-0.39, 0.29) is 18.1 Å². The number of halogens is 1. The van der Waals surface area contributed by atoms with Crippen molar-refractivity contribution in [3.63, 3.8) is 0 Å². The van der Waals surface area contributed by atoms with E-state index < -0.39 is 5.82 Å². The first-order valence-corrected chi connectivity index (χ1v) is 5.48. The molecule has 5 heteroatoms. The summed E-state index contributed by atoms with van der Waals surface area (Å²) in [6.45, 7) is 1.58. The summed E-state index contributed by atoms with van der Waals surface area (Å²) < 4.78 is 20.6. The van der Waals surface area contributed by atoms with E-state index in [1.165, 1.54) is 19.1 Å². The van der Waals surface area contributed by atoms with Gasteiger partial charge in [-0.25, -0.2) is 4.39 Å². The summed E-state index contributed by atoms with van der Waals surface area (Å²) in [5, 5.41) is 4.12. The molecule has 4 nitrogen and oxygen atoms in total. The Balaban J connectivity index is 2.08. The van der Waals surface area contributed by atoms with E-state index >= 15 is 0 Å². The van der Waals surface area contributed by atoms with Gasteiger partial charge in [0.25, 0.3) is 0 Å². The Labute approximate surface area is 104 Å². The highest BCUT2D eigenvalue weighted by Crippen LogP contribution is 2.19. The third-order valence-corrected chi connectivity index (χ3v) is 2.48. The molecular weight excluding hydrogens is 235 g/mol. The van der Waals surface area contributed by atoms with Gasteiger partial charge in [0.15, 0.2) is 17.3 Å². The number of Topliss-reactive ketones (excluding diaryl/α,β-unsaturated/α-hetero) is 1. The van der Waals surface area contributed by atoms with Gasteiger partial charge in [-0.3, -0.25) is 9.48 Å². The van der Waals surface area contributed by atoms with Crippen LogP contribution in [0.5, 0.6) is 5.75 Å². The van der Waals surface area contributed by atoms with Crippen LogP contribution >= 0.6 is 0 Å². The standard InChI is InChI=1S/C13H13FN2O2/c1-9(17)10-3-4-13(12(14)7-10)18-8-11-5-6-16(2)15-11/h3-7H,8H2,1-2H3. The maximum atomic E-state index is 13.6. The zero-order valence-corrected chi connectivity index (χ0v) is 10.2. The number of hydrogen-bond donors (Lipinski definition) is 0. The number of aromatic nitrogens is 2. The van der Waals surface area contributed by atoms with Crippen LogP contribution in [-0.4, -0.2) is 15.6 Å². The average Bonchev–Trinajstić information content (AvgIpc) is 2.73. The highest BCUT2D eigenvalue weighted by Gasteiger charge is 2.08. The number of carbonyl (C=O) groups excluding carboxylic acids is 1. The fourth-order valence-corrected chi connectivity index (χ4v) is 1.53. The lowest BCUT2D eigenvalue weighted by Crippen LogP contribution is -2.01. The average molecular weight is 248 g/mol. The molecule has 0 spiro atoms. The molecule has 0 saturated heterocycles. The van der Waals surface area contributed by atoms with Crippen LogP contribution in [0.4, 0.5) is 4.39 Å². The molecule has 0 atom stereocenters. The van der Waals surface area contributed by atoms with E-state index in [1.54, 1.807) is 30.1 Å². The Morgan fingerprint density at radius 2 is 2.22 bits per heavy atom. The van der Waals surface area contributed by atoms with Crippen LogP contribution in [0.15, 0.2) is 30.5 Å². The molecule has 0 aliphatic heterocycles. The van der Waals surface area contributed by atoms with Gasteiger partial charge in [0.1, 0.15) is 6.61 Å². The van der Waals surface area contributed by atoms with Gasteiger partial charge < -0.3 is 4.74 Å². The van der Waals surface area contributed by atoms with Crippen molar-refractivity contribution in [2.75, 3.05) is 0 Å². The fourth-order valence-electron chi connectivity index (χ4n) is 1.53. The second-order valence-corrected chi connectivity index (χ2v) is 3.97. The number of ketones is 1. The van der Waals surface area contributed by atoms with Gasteiger partial charge in [0, 0.05) is 18.8 Å². The first-order valence-electron chi connectivity index (χ1n) is 5.48. The SMILES string of the molecule is CC(=O)c1ccc(OCc2ccn(C)n2)c(F)c1. The summed E-state index contributed by atoms with van der Waals surface area (Å²) in [5.41, 5.74) is 1.05. The maximum absolute atomic E-state index is 13.6. The van der Waals surface area contributed by atoms with E-state index in [9.17, 15) is 9.18 Å². The molecule has 0 N–H and O–H groups in total. The second-order valence-electron chi connectivity index (χ2n) is 3.97. The highest BCUT2D eigenvalue weighted by molar-refractivity contribution is 5.94. The molecule has 1 heterocycles. The van der Waals surface area contributed by atoms with Gasteiger partial charge >= 0.3 is 0 Å². The van der Waals surface area contributed by atoms with E-state index in [2.05, 4.69) is 5.10 Å². The van der Waals surface area contributed by atoms with Crippen molar-refractivity contribution in [1.82, 2.24) is 9.78 Å². The Bertz CT molecular complexity index is 578. The number of carbonyl (C=O) groups is 1. The van der Waals surface area contributed by atoms with Crippen molar-refractivity contribution in [2.45, 2.75) is 13.5 Å². The fraction of sp³-hybridized carbons (Fsp3) is 0.231. The topological polar surface area (TPSA) is 44.1 Å². The molecule has 2 rings (SSSR count). The summed E-state index contributed by atoms with van der Waals surface area (Å²) in [7, 11) is 1.80. The normalized spacial score (nSPS) is 10.4. The molecule has 2 aromatic rings. The van der Waals surface area contributed by atoms with Crippen LogP contribution in [0.2, 0.25) is 0 Å². The molecule has 0 amide bonds. The molecule has 94 valence electrons. The van der Waals surface area contributed by atoms with Gasteiger partial charge in [-0.2, -0.15) is 5.10 Å². The molecule has 0 bridgehead atoms. The highest BCUT2D eigenvalue weighted by atomic mass is 19.1. The molecular formula is C13H13FN2O2. The van der Waals surface area contributed by atoms with Crippen LogP contribution in [0.3, 0.4) is 0 Å². The molecule has 0 aliphatic carbocycles. The number of aryl methyl sites for hydroxylation is 1. The van der Waals surface area contributed by atoms with Crippen LogP contribution in [0.25, 0.3) is 0 Å². The Morgan fingerprint density at radius 3 is 2.78 bits per heavy atom. The molecule has 18 heavy (non-hydrogen) atoms. The van der Waals surface area contributed by atoms with Crippen molar-refractivity contribution in [1.29, 1.82) is 0 Å². The predicted molar refractivity (Wildman–Crippen MR) is 63.9 cm³/mol. The summed E-state index contributed by atoms with van der Waals surface area (Å²) in [4.78, 5) is 11.1. The first kappa shape index (κ1) is 12.3. The lowest BCUT2D eigenvalue weighted by molar-refractivity contribution is 0.101. The number of hydrogen-bond acceptors (Lipinski definition) is 3. The molecule has 0 saturated carbocycles. The summed E-state index contributed by atoms with van der Waals surface area (Å²) >= 11 is 0. The van der Waals surface area contributed by atoms with Crippen molar-refractivity contribution in [3.05, 3.63) is 47.5 Å². The van der Waals surface area contributed by atoms with Crippen molar-refractivity contribution < 1.29 is 13.9 Å². The first-order chi connectivity index (χ1) is 8.56. The lowest BCUT2D eigenvalue weighted by Gasteiger charge is -2.06. The number of rotatable bonds is 4. The second kappa shape index (κ2) is 5.00. The van der Waals surface area contributed by atoms with Crippen molar-refractivity contribution in [2.24, 2.45) is 7.05 Å². The molecule has 0 aliphatic rings. The van der Waals surface area contributed by atoms with Gasteiger partial charge in [0.2, 0.25) is 0 Å². The van der Waals surface area contributed by atoms with Crippen molar-refractivity contribution in [3.8, 4) is 5.75 Å². The molecule has 1 aromatic carbocycles. The minimum absolute atomic E-state index is 0.116.